The topological polar surface area (TPSA) is 81.1 Å². The van der Waals surface area contributed by atoms with Crippen LogP contribution in [0, 0.1) is 0 Å². The van der Waals surface area contributed by atoms with Crippen molar-refractivity contribution in [2.24, 2.45) is 0 Å². The minimum absolute atomic E-state index is 0.0180. The number of nitrogens with zero attached hydrogens (tertiary/aromatic N) is 3. The van der Waals surface area contributed by atoms with Crippen molar-refractivity contribution in [3.63, 3.8) is 0 Å². The Hall–Kier alpha value is -2.41. The SMILES string of the molecule is COCC(=O)Nc1nc2n(n1)[C@H](c1ccccc1)C[C@@H](C)N2. The highest BCUT2D eigenvalue weighted by Crippen LogP contribution is 2.31. The molecule has 2 aromatic rings. The van der Waals surface area contributed by atoms with E-state index in [0.717, 1.165) is 6.42 Å². The molecule has 0 spiro atoms. The molecule has 116 valence electrons. The Bertz CT molecular complexity index is 655. The Balaban J connectivity index is 1.89. The Morgan fingerprint density at radius 1 is 1.45 bits per heavy atom. The fourth-order valence-electron chi connectivity index (χ4n) is 2.65. The molecule has 1 aromatic carbocycles. The maximum atomic E-state index is 11.6. The van der Waals surface area contributed by atoms with Gasteiger partial charge in [-0.1, -0.05) is 30.3 Å². The van der Waals surface area contributed by atoms with Gasteiger partial charge in [0.2, 0.25) is 5.95 Å². The number of methoxy groups -OCH3 is 1. The molecule has 1 aliphatic rings. The van der Waals surface area contributed by atoms with Crippen LogP contribution >= 0.6 is 0 Å². The summed E-state index contributed by atoms with van der Waals surface area (Å²) in [5, 5.41) is 10.4. The van der Waals surface area contributed by atoms with Crippen LogP contribution in [-0.4, -0.2) is 40.4 Å². The lowest BCUT2D eigenvalue weighted by atomic mass is 9.99. The Kier molecular flexibility index (Phi) is 4.06. The number of fused-ring (bicyclic) bond motifs is 1. The van der Waals surface area contributed by atoms with E-state index in [0.29, 0.717) is 11.9 Å². The molecule has 2 N–H and O–H groups in total. The summed E-state index contributed by atoms with van der Waals surface area (Å²) < 4.78 is 6.63. The third kappa shape index (κ3) is 2.94. The van der Waals surface area contributed by atoms with Gasteiger partial charge < -0.3 is 10.1 Å². The number of anilines is 2. The number of rotatable bonds is 4. The van der Waals surface area contributed by atoms with E-state index in [9.17, 15) is 4.79 Å². The van der Waals surface area contributed by atoms with Crippen LogP contribution in [0.1, 0.15) is 24.9 Å². The largest absolute Gasteiger partial charge is 0.375 e. The van der Waals surface area contributed by atoms with Crippen LogP contribution in [0.3, 0.4) is 0 Å². The van der Waals surface area contributed by atoms with Crippen molar-refractivity contribution in [3.05, 3.63) is 35.9 Å². The van der Waals surface area contributed by atoms with Gasteiger partial charge in [-0.25, -0.2) is 4.68 Å². The molecule has 7 heteroatoms. The number of amides is 1. The smallest absolute Gasteiger partial charge is 0.252 e. The fourth-order valence-corrected chi connectivity index (χ4v) is 2.65. The summed E-state index contributed by atoms with van der Waals surface area (Å²) >= 11 is 0. The first-order valence-electron chi connectivity index (χ1n) is 7.24. The number of benzene rings is 1. The predicted octanol–water partition coefficient (Wildman–Crippen LogP) is 1.66. The van der Waals surface area contributed by atoms with Gasteiger partial charge >= 0.3 is 0 Å². The standard InChI is InChI=1S/C15H19N5O2/c1-10-8-12(11-6-4-3-5-7-11)20-15(16-10)18-14(19-20)17-13(21)9-22-2/h3-7,10,12H,8-9H2,1-2H3,(H2,16,17,18,19,21)/t10-,12+/m1/s1. The first-order chi connectivity index (χ1) is 10.7. The molecule has 0 fully saturated rings. The molecule has 1 aliphatic heterocycles. The van der Waals surface area contributed by atoms with Crippen molar-refractivity contribution in [2.75, 3.05) is 24.4 Å². The second kappa shape index (κ2) is 6.15. The van der Waals surface area contributed by atoms with Crippen molar-refractivity contribution in [2.45, 2.75) is 25.4 Å². The Morgan fingerprint density at radius 3 is 2.95 bits per heavy atom. The molecule has 0 saturated carbocycles. The first-order valence-corrected chi connectivity index (χ1v) is 7.24. The summed E-state index contributed by atoms with van der Waals surface area (Å²) in [5.41, 5.74) is 1.18. The highest BCUT2D eigenvalue weighted by molar-refractivity contribution is 5.90. The van der Waals surface area contributed by atoms with Gasteiger partial charge in [0.05, 0.1) is 6.04 Å². The molecular weight excluding hydrogens is 282 g/mol. The van der Waals surface area contributed by atoms with E-state index in [1.807, 2.05) is 22.9 Å². The molecule has 2 atom stereocenters. The molecule has 2 heterocycles. The molecule has 0 bridgehead atoms. The Morgan fingerprint density at radius 2 is 2.23 bits per heavy atom. The van der Waals surface area contributed by atoms with Crippen molar-refractivity contribution in [1.82, 2.24) is 14.8 Å². The molecular formula is C15H19N5O2. The minimum atomic E-state index is -0.269. The summed E-state index contributed by atoms with van der Waals surface area (Å²) in [7, 11) is 1.47. The molecule has 22 heavy (non-hydrogen) atoms. The second-order valence-electron chi connectivity index (χ2n) is 5.39. The van der Waals surface area contributed by atoms with Crippen molar-refractivity contribution in [3.8, 4) is 0 Å². The zero-order valence-electron chi connectivity index (χ0n) is 12.6. The van der Waals surface area contributed by atoms with Gasteiger partial charge in [0.15, 0.2) is 0 Å². The summed E-state index contributed by atoms with van der Waals surface area (Å²) in [4.78, 5) is 15.9. The van der Waals surface area contributed by atoms with Crippen molar-refractivity contribution < 1.29 is 9.53 Å². The molecule has 1 amide bonds. The average Bonchev–Trinajstić information content (AvgIpc) is 2.89. The molecule has 0 aliphatic carbocycles. The number of hydrogen-bond acceptors (Lipinski definition) is 5. The van der Waals surface area contributed by atoms with Gasteiger partial charge in [-0.2, -0.15) is 4.98 Å². The number of aromatic nitrogens is 3. The summed E-state index contributed by atoms with van der Waals surface area (Å²) in [5.74, 6) is 0.689. The van der Waals surface area contributed by atoms with E-state index in [-0.39, 0.29) is 24.6 Å². The van der Waals surface area contributed by atoms with E-state index in [4.69, 9.17) is 4.74 Å². The predicted molar refractivity (Wildman–Crippen MR) is 82.8 cm³/mol. The van der Waals surface area contributed by atoms with Crippen LogP contribution in [-0.2, 0) is 9.53 Å². The van der Waals surface area contributed by atoms with E-state index in [1.54, 1.807) is 0 Å². The second-order valence-corrected chi connectivity index (χ2v) is 5.39. The maximum absolute atomic E-state index is 11.6. The zero-order chi connectivity index (χ0) is 15.5. The van der Waals surface area contributed by atoms with E-state index >= 15 is 0 Å². The molecule has 1 aromatic heterocycles. The minimum Gasteiger partial charge on any atom is -0.375 e. The average molecular weight is 301 g/mol. The summed E-state index contributed by atoms with van der Waals surface area (Å²) in [6.07, 6.45) is 0.909. The monoisotopic (exact) mass is 301 g/mol. The number of nitrogens with one attached hydrogen (secondary N) is 2. The van der Waals surface area contributed by atoms with Gasteiger partial charge in [-0.05, 0) is 18.9 Å². The molecule has 0 radical (unpaired) electrons. The van der Waals surface area contributed by atoms with Crippen LogP contribution in [0.4, 0.5) is 11.9 Å². The summed E-state index contributed by atoms with van der Waals surface area (Å²) in [6, 6.07) is 10.6. The highest BCUT2D eigenvalue weighted by Gasteiger charge is 2.28. The zero-order valence-corrected chi connectivity index (χ0v) is 12.6. The first kappa shape index (κ1) is 14.5. The van der Waals surface area contributed by atoms with Crippen LogP contribution in [0.5, 0.6) is 0 Å². The number of carbonyl (C=O) groups excluding carboxylic acids is 1. The highest BCUT2D eigenvalue weighted by atomic mass is 16.5. The van der Waals surface area contributed by atoms with E-state index < -0.39 is 0 Å². The Labute approximate surface area is 128 Å². The number of hydrogen-bond donors (Lipinski definition) is 2. The molecule has 0 unspecified atom stereocenters. The van der Waals surface area contributed by atoms with Gasteiger partial charge in [0, 0.05) is 13.2 Å². The van der Waals surface area contributed by atoms with E-state index in [1.165, 1.54) is 12.7 Å². The van der Waals surface area contributed by atoms with Gasteiger partial charge in [-0.3, -0.25) is 10.1 Å². The van der Waals surface area contributed by atoms with Crippen LogP contribution < -0.4 is 10.6 Å². The third-order valence-electron chi connectivity index (χ3n) is 3.59. The summed E-state index contributed by atoms with van der Waals surface area (Å²) in [6.45, 7) is 2.09. The lowest BCUT2D eigenvalue weighted by molar-refractivity contribution is -0.119. The quantitative estimate of drug-likeness (QED) is 0.897. The lowest BCUT2D eigenvalue weighted by Crippen LogP contribution is -2.31. The number of ether oxygens (including phenoxy) is 1. The fraction of sp³-hybridized carbons (Fsp3) is 0.400. The van der Waals surface area contributed by atoms with Crippen LogP contribution in [0.15, 0.2) is 30.3 Å². The van der Waals surface area contributed by atoms with Gasteiger partial charge in [-0.15, -0.1) is 5.10 Å². The van der Waals surface area contributed by atoms with Gasteiger partial charge in [0.1, 0.15) is 6.61 Å². The lowest BCUT2D eigenvalue weighted by Gasteiger charge is -2.29. The maximum Gasteiger partial charge on any atom is 0.252 e. The van der Waals surface area contributed by atoms with Crippen LogP contribution in [0.25, 0.3) is 0 Å². The van der Waals surface area contributed by atoms with Crippen molar-refractivity contribution in [1.29, 1.82) is 0 Å². The van der Waals surface area contributed by atoms with E-state index in [2.05, 4.69) is 39.8 Å². The van der Waals surface area contributed by atoms with Gasteiger partial charge in [0.25, 0.3) is 11.9 Å². The molecule has 3 rings (SSSR count). The molecule has 7 nitrogen and oxygen atoms in total. The third-order valence-corrected chi connectivity index (χ3v) is 3.59. The normalized spacial score (nSPS) is 20.1. The van der Waals surface area contributed by atoms with Crippen molar-refractivity contribution >= 4 is 17.8 Å². The van der Waals surface area contributed by atoms with Crippen LogP contribution in [0.2, 0.25) is 0 Å². The number of carbonyl (C=O) groups is 1. The molecule has 0 saturated heterocycles.